The Morgan fingerprint density at radius 1 is 0.783 bits per heavy atom. The van der Waals surface area contributed by atoms with Gasteiger partial charge in [0.1, 0.15) is 31.8 Å². The maximum Gasteiger partial charge on any atom is 0.127 e. The summed E-state index contributed by atoms with van der Waals surface area (Å²) in [5.74, 6) is 2.24. The van der Waals surface area contributed by atoms with Crippen molar-refractivity contribution in [3.05, 3.63) is 68.5 Å². The minimum absolute atomic E-state index is 0.181. The van der Waals surface area contributed by atoms with Gasteiger partial charge in [0.25, 0.3) is 0 Å². The van der Waals surface area contributed by atoms with Gasteiger partial charge >= 0.3 is 0 Å². The molecule has 2 atom stereocenters. The molecule has 2 aliphatic heterocycles. The average Bonchev–Trinajstić information content (AvgIpc) is 3.06. The van der Waals surface area contributed by atoms with Crippen LogP contribution in [0.1, 0.15) is 27.7 Å². The average molecular weight is 324 g/mol. The topological polar surface area (TPSA) is 18.5 Å². The Morgan fingerprint density at radius 2 is 1.17 bits per heavy atom. The summed E-state index contributed by atoms with van der Waals surface area (Å²) in [6, 6.07) is 0. The molecule has 0 bridgehead atoms. The first-order valence-corrected chi connectivity index (χ1v) is 11.4. The highest BCUT2D eigenvalue weighted by atomic mass is 28.3. The maximum absolute atomic E-state index is 6.15. The highest BCUT2D eigenvalue weighted by Gasteiger charge is 2.44. The van der Waals surface area contributed by atoms with Crippen molar-refractivity contribution in [1.82, 2.24) is 0 Å². The second-order valence-corrected chi connectivity index (χ2v) is 11.8. The summed E-state index contributed by atoms with van der Waals surface area (Å²) >= 11 is 0. The fourth-order valence-electron chi connectivity index (χ4n) is 4.51. The first-order chi connectivity index (χ1) is 10.8. The minimum Gasteiger partial charge on any atom is -0.486 e. The lowest BCUT2D eigenvalue weighted by molar-refractivity contribution is 0.196. The molecule has 0 aromatic heterocycles. The predicted molar refractivity (Wildman–Crippen MR) is 96.3 cm³/mol. The molecule has 4 aliphatic rings. The standard InChI is InChI=1S/C20H24O2Si/c1-11-7-15-9-13(3)21-17(15)19(11)23(5,6)20-12(2)8-16-10-14(4)22-18(16)20/h7-10,13-14H,1-6H3. The molecule has 2 heterocycles. The van der Waals surface area contributed by atoms with Crippen LogP contribution < -0.4 is 0 Å². The zero-order valence-electron chi connectivity index (χ0n) is 14.8. The van der Waals surface area contributed by atoms with Gasteiger partial charge in [-0.2, -0.15) is 0 Å². The zero-order chi connectivity index (χ0) is 16.5. The molecule has 2 unspecified atom stereocenters. The highest BCUT2D eigenvalue weighted by molar-refractivity contribution is 6.92. The van der Waals surface area contributed by atoms with Crippen molar-refractivity contribution in [2.24, 2.45) is 0 Å². The Kier molecular flexibility index (Phi) is 2.99. The lowest BCUT2D eigenvalue weighted by Gasteiger charge is -2.30. The van der Waals surface area contributed by atoms with E-state index in [0.717, 1.165) is 11.5 Å². The molecule has 0 aromatic carbocycles. The summed E-state index contributed by atoms with van der Waals surface area (Å²) in [6.45, 7) is 13.5. The molecular weight excluding hydrogens is 300 g/mol. The molecule has 4 rings (SSSR count). The van der Waals surface area contributed by atoms with Crippen molar-refractivity contribution in [2.75, 3.05) is 0 Å². The van der Waals surface area contributed by atoms with Crippen LogP contribution in [0.4, 0.5) is 0 Å². The van der Waals surface area contributed by atoms with E-state index in [2.05, 4.69) is 65.1 Å². The van der Waals surface area contributed by atoms with Gasteiger partial charge in [-0.15, -0.1) is 0 Å². The summed E-state index contributed by atoms with van der Waals surface area (Å²) in [5, 5.41) is 2.88. The van der Waals surface area contributed by atoms with E-state index in [1.54, 1.807) is 0 Å². The van der Waals surface area contributed by atoms with Gasteiger partial charge in [0.15, 0.2) is 0 Å². The van der Waals surface area contributed by atoms with Crippen molar-refractivity contribution in [3.8, 4) is 0 Å². The summed E-state index contributed by atoms with van der Waals surface area (Å²) in [7, 11) is -1.90. The largest absolute Gasteiger partial charge is 0.486 e. The Hall–Kier alpha value is -1.74. The number of ether oxygens (including phenoxy) is 2. The molecule has 3 heteroatoms. The fraction of sp³-hybridized carbons (Fsp3) is 0.400. The molecule has 0 aromatic rings. The number of hydrogen-bond acceptors (Lipinski definition) is 2. The Morgan fingerprint density at radius 3 is 1.57 bits per heavy atom. The summed E-state index contributed by atoms with van der Waals surface area (Å²) < 4.78 is 12.3. The molecule has 0 spiro atoms. The van der Waals surface area contributed by atoms with E-state index in [-0.39, 0.29) is 12.2 Å². The predicted octanol–water partition coefficient (Wildman–Crippen LogP) is 4.89. The van der Waals surface area contributed by atoms with Gasteiger partial charge in [-0.05, 0) is 73.5 Å². The van der Waals surface area contributed by atoms with Crippen LogP contribution in [0.3, 0.4) is 0 Å². The first-order valence-electron chi connectivity index (χ1n) is 8.43. The van der Waals surface area contributed by atoms with Crippen molar-refractivity contribution in [2.45, 2.75) is 53.0 Å². The van der Waals surface area contributed by atoms with Crippen molar-refractivity contribution < 1.29 is 9.47 Å². The normalized spacial score (nSPS) is 29.0. The van der Waals surface area contributed by atoms with E-state index in [9.17, 15) is 0 Å². The van der Waals surface area contributed by atoms with Crippen LogP contribution in [-0.4, -0.2) is 20.3 Å². The monoisotopic (exact) mass is 324 g/mol. The maximum atomic E-state index is 6.15. The Balaban J connectivity index is 1.87. The fourth-order valence-corrected chi connectivity index (χ4v) is 8.42. The summed E-state index contributed by atoms with van der Waals surface area (Å²) in [5.41, 5.74) is 5.26. The molecule has 0 amide bonds. The van der Waals surface area contributed by atoms with E-state index in [4.69, 9.17) is 9.47 Å². The second kappa shape index (κ2) is 4.64. The molecule has 0 saturated carbocycles. The number of hydrogen-bond donors (Lipinski definition) is 0. The minimum atomic E-state index is -1.90. The molecule has 2 aliphatic carbocycles. The highest BCUT2D eigenvalue weighted by Crippen LogP contribution is 2.48. The summed E-state index contributed by atoms with van der Waals surface area (Å²) in [6.07, 6.45) is 9.39. The van der Waals surface area contributed by atoms with Crippen molar-refractivity contribution >= 4 is 8.07 Å². The van der Waals surface area contributed by atoms with Crippen LogP contribution in [0.5, 0.6) is 0 Å². The van der Waals surface area contributed by atoms with Gasteiger partial charge < -0.3 is 9.47 Å². The second-order valence-electron chi connectivity index (χ2n) is 7.58. The molecule has 0 fully saturated rings. The smallest absolute Gasteiger partial charge is 0.127 e. The van der Waals surface area contributed by atoms with Gasteiger partial charge in [-0.25, -0.2) is 0 Å². The molecule has 0 saturated heterocycles. The lowest BCUT2D eigenvalue weighted by atomic mass is 10.2. The number of allylic oxidation sites excluding steroid dienone is 6. The SMILES string of the molecule is CC1=CC2=CC(C)OC2=C1[Si](C)(C)C1=C2OC(C)C=C2C=C1C. The van der Waals surface area contributed by atoms with Gasteiger partial charge in [-0.1, -0.05) is 13.1 Å². The van der Waals surface area contributed by atoms with Crippen LogP contribution in [0.25, 0.3) is 0 Å². The van der Waals surface area contributed by atoms with E-state index in [0.29, 0.717) is 0 Å². The molecule has 2 nitrogen and oxygen atoms in total. The quantitative estimate of drug-likeness (QED) is 0.673. The van der Waals surface area contributed by atoms with Gasteiger partial charge in [0.2, 0.25) is 0 Å². The first kappa shape index (κ1) is 14.8. The Bertz CT molecular complexity index is 733. The van der Waals surface area contributed by atoms with Crippen molar-refractivity contribution in [3.63, 3.8) is 0 Å². The van der Waals surface area contributed by atoms with Crippen molar-refractivity contribution in [1.29, 1.82) is 0 Å². The lowest BCUT2D eigenvalue weighted by Crippen LogP contribution is -2.35. The van der Waals surface area contributed by atoms with Gasteiger partial charge in [0.05, 0.1) is 0 Å². The van der Waals surface area contributed by atoms with Crippen LogP contribution in [-0.2, 0) is 9.47 Å². The molecule has 0 radical (unpaired) electrons. The zero-order valence-corrected chi connectivity index (χ0v) is 15.8. The van der Waals surface area contributed by atoms with Crippen LogP contribution in [0.15, 0.2) is 68.5 Å². The van der Waals surface area contributed by atoms with Gasteiger partial charge in [0, 0.05) is 11.1 Å². The molecule has 0 N–H and O–H groups in total. The third-order valence-electron chi connectivity index (χ3n) is 5.20. The van der Waals surface area contributed by atoms with Crippen LogP contribution in [0, 0.1) is 0 Å². The van der Waals surface area contributed by atoms with E-state index in [1.807, 2.05) is 0 Å². The number of fused-ring (bicyclic) bond motifs is 2. The van der Waals surface area contributed by atoms with E-state index < -0.39 is 8.07 Å². The third kappa shape index (κ3) is 1.99. The molecular formula is C20H24O2Si. The third-order valence-corrected chi connectivity index (χ3v) is 8.94. The molecule has 120 valence electrons. The Labute approximate surface area is 139 Å². The number of rotatable bonds is 2. The van der Waals surface area contributed by atoms with E-state index >= 15 is 0 Å². The van der Waals surface area contributed by atoms with E-state index in [1.165, 1.54) is 32.7 Å². The van der Waals surface area contributed by atoms with Crippen LogP contribution >= 0.6 is 0 Å². The molecule has 23 heavy (non-hydrogen) atoms. The van der Waals surface area contributed by atoms with Crippen LogP contribution in [0.2, 0.25) is 13.1 Å². The summed E-state index contributed by atoms with van der Waals surface area (Å²) in [4.78, 5) is 0. The van der Waals surface area contributed by atoms with Gasteiger partial charge in [-0.3, -0.25) is 0 Å².